The van der Waals surface area contributed by atoms with Crippen LogP contribution >= 0.6 is 47.5 Å². The van der Waals surface area contributed by atoms with Gasteiger partial charge in [0.25, 0.3) is 5.91 Å². The zero-order valence-electron chi connectivity index (χ0n) is 8.17. The number of halogens is 2. The third-order valence-electron chi connectivity index (χ3n) is 1.65. The number of thiophene rings is 1. The molecule has 88 valence electrons. The molecule has 0 fully saturated rings. The number of primary amides is 1. The van der Waals surface area contributed by atoms with Crippen LogP contribution < -0.4 is 5.73 Å². The van der Waals surface area contributed by atoms with Crippen molar-refractivity contribution in [2.45, 2.75) is 6.92 Å². The molecule has 4 nitrogen and oxygen atoms in total. The molecule has 8 heteroatoms. The number of nitrogens with two attached hydrogens (primary N) is 1. The van der Waals surface area contributed by atoms with Crippen LogP contribution in [0, 0.1) is 6.92 Å². The van der Waals surface area contributed by atoms with Gasteiger partial charge in [-0.3, -0.25) is 4.79 Å². The first-order valence-electron chi connectivity index (χ1n) is 3.86. The molecule has 0 aliphatic carbocycles. The van der Waals surface area contributed by atoms with Gasteiger partial charge in [0.2, 0.25) is 0 Å². The molecule has 2 N–H and O–H groups in total. The maximum Gasteiger partial charge on any atom is 0.259 e. The summed E-state index contributed by atoms with van der Waals surface area (Å²) in [7, 11) is 0. The van der Waals surface area contributed by atoms with Crippen molar-refractivity contribution >= 4 is 53.4 Å². The van der Waals surface area contributed by atoms with E-state index in [9.17, 15) is 4.79 Å². The summed E-state index contributed by atoms with van der Waals surface area (Å²) in [6.45, 7) is 1.87. The largest absolute Gasteiger partial charge is 0.365 e. The first-order valence-corrected chi connectivity index (χ1v) is 5.56. The van der Waals surface area contributed by atoms with Crippen LogP contribution in [0.2, 0.25) is 0 Å². The minimum Gasteiger partial charge on any atom is -0.365 e. The zero-order chi connectivity index (χ0) is 10.1. The highest BCUT2D eigenvalue weighted by Gasteiger charge is 2.14. The van der Waals surface area contributed by atoms with Crippen LogP contribution in [0.15, 0.2) is 11.4 Å². The first kappa shape index (κ1) is 15.3. The van der Waals surface area contributed by atoms with Gasteiger partial charge in [-0.2, -0.15) is 0 Å². The summed E-state index contributed by atoms with van der Waals surface area (Å²) in [5, 5.41) is 11.3. The van der Waals surface area contributed by atoms with Gasteiger partial charge in [0, 0.05) is 5.56 Å². The predicted molar refractivity (Wildman–Crippen MR) is 71.0 cm³/mol. The fraction of sp³-hybridized carbons (Fsp3) is 0.125. The summed E-state index contributed by atoms with van der Waals surface area (Å²) >= 11 is 2.78. The predicted octanol–water partition coefficient (Wildman–Crippen LogP) is 2.52. The Morgan fingerprint density at radius 2 is 2.06 bits per heavy atom. The molecule has 2 aromatic heterocycles. The van der Waals surface area contributed by atoms with Gasteiger partial charge in [-0.25, -0.2) is 0 Å². The summed E-state index contributed by atoms with van der Waals surface area (Å²) in [6.07, 6.45) is 0. The Kier molecular flexibility index (Phi) is 5.88. The smallest absolute Gasteiger partial charge is 0.259 e. The molecular weight excluding hydrogens is 289 g/mol. The summed E-state index contributed by atoms with van der Waals surface area (Å²) in [5.41, 5.74) is 6.02. The number of hydrogen-bond acceptors (Lipinski definition) is 5. The topological polar surface area (TPSA) is 68.9 Å². The van der Waals surface area contributed by atoms with Crippen molar-refractivity contribution in [3.05, 3.63) is 21.3 Å². The van der Waals surface area contributed by atoms with E-state index in [0.29, 0.717) is 4.88 Å². The number of aryl methyl sites for hydroxylation is 1. The van der Waals surface area contributed by atoms with Crippen LogP contribution in [-0.2, 0) is 0 Å². The van der Waals surface area contributed by atoms with Gasteiger partial charge in [0.1, 0.15) is 14.9 Å². The molecule has 2 rings (SSSR count). The lowest BCUT2D eigenvalue weighted by atomic mass is 10.2. The van der Waals surface area contributed by atoms with Crippen molar-refractivity contribution in [1.29, 1.82) is 0 Å². The normalized spacial score (nSPS) is 9.06. The standard InChI is InChI=1S/C8H7N3OS2.2ClH/c1-4-10-11-8(14-4)5-2-3-13-6(5)7(9)12;;/h2-3H,1H3,(H2,9,12);2*1H. The van der Waals surface area contributed by atoms with Gasteiger partial charge < -0.3 is 5.73 Å². The number of rotatable bonds is 2. The molecule has 1 amide bonds. The lowest BCUT2D eigenvalue weighted by Crippen LogP contribution is -2.09. The molecule has 0 aliphatic heterocycles. The Labute approximate surface area is 113 Å². The molecule has 0 saturated carbocycles. The Morgan fingerprint density at radius 1 is 1.38 bits per heavy atom. The average molecular weight is 298 g/mol. The lowest BCUT2D eigenvalue weighted by Gasteiger charge is -1.93. The maximum absolute atomic E-state index is 11.1. The third kappa shape index (κ3) is 2.91. The second-order valence-corrected chi connectivity index (χ2v) is 4.75. The number of nitrogens with zero attached hydrogens (tertiary/aromatic N) is 2. The highest BCUT2D eigenvalue weighted by Crippen LogP contribution is 2.29. The monoisotopic (exact) mass is 297 g/mol. The molecule has 0 saturated heterocycles. The molecular formula is C8H9Cl2N3OS2. The van der Waals surface area contributed by atoms with E-state index in [-0.39, 0.29) is 24.8 Å². The van der Waals surface area contributed by atoms with Crippen molar-refractivity contribution in [3.63, 3.8) is 0 Å². The molecule has 2 aromatic rings. The van der Waals surface area contributed by atoms with Gasteiger partial charge in [-0.15, -0.1) is 46.3 Å². The molecule has 0 spiro atoms. The van der Waals surface area contributed by atoms with E-state index in [1.165, 1.54) is 22.7 Å². The molecule has 0 aliphatic rings. The summed E-state index contributed by atoms with van der Waals surface area (Å²) in [6, 6.07) is 1.84. The van der Waals surface area contributed by atoms with E-state index >= 15 is 0 Å². The quantitative estimate of drug-likeness (QED) is 0.926. The van der Waals surface area contributed by atoms with E-state index in [4.69, 9.17) is 5.73 Å². The second-order valence-electron chi connectivity index (χ2n) is 2.65. The maximum atomic E-state index is 11.1. The Hall–Kier alpha value is -0.690. The number of carbonyl (C=O) groups is 1. The molecule has 0 unspecified atom stereocenters. The summed E-state index contributed by atoms with van der Waals surface area (Å²) in [5.74, 6) is -0.414. The SMILES string of the molecule is Cc1nnc(-c2ccsc2C(N)=O)s1.Cl.Cl. The minimum atomic E-state index is -0.414. The van der Waals surface area contributed by atoms with E-state index in [0.717, 1.165) is 15.6 Å². The van der Waals surface area contributed by atoms with E-state index in [1.807, 2.05) is 18.4 Å². The van der Waals surface area contributed by atoms with E-state index < -0.39 is 5.91 Å². The van der Waals surface area contributed by atoms with Crippen molar-refractivity contribution in [2.75, 3.05) is 0 Å². The highest BCUT2D eigenvalue weighted by molar-refractivity contribution is 7.16. The van der Waals surface area contributed by atoms with Crippen LogP contribution in [0.25, 0.3) is 10.6 Å². The molecule has 0 aromatic carbocycles. The van der Waals surface area contributed by atoms with Crippen molar-refractivity contribution in [3.8, 4) is 10.6 Å². The Morgan fingerprint density at radius 3 is 2.56 bits per heavy atom. The van der Waals surface area contributed by atoms with Crippen LogP contribution in [0.4, 0.5) is 0 Å². The van der Waals surface area contributed by atoms with Crippen molar-refractivity contribution < 1.29 is 4.79 Å². The van der Waals surface area contributed by atoms with Crippen LogP contribution in [-0.4, -0.2) is 16.1 Å². The molecule has 16 heavy (non-hydrogen) atoms. The number of amides is 1. The molecule has 0 radical (unpaired) electrons. The van der Waals surface area contributed by atoms with Crippen LogP contribution in [0.3, 0.4) is 0 Å². The fourth-order valence-corrected chi connectivity index (χ4v) is 2.61. The van der Waals surface area contributed by atoms with Crippen molar-refractivity contribution in [1.82, 2.24) is 10.2 Å². The van der Waals surface area contributed by atoms with E-state index in [1.54, 1.807) is 0 Å². The Balaban J connectivity index is 0.00000112. The zero-order valence-corrected chi connectivity index (χ0v) is 11.4. The van der Waals surface area contributed by atoms with Gasteiger partial charge in [-0.1, -0.05) is 11.3 Å². The first-order chi connectivity index (χ1) is 6.68. The van der Waals surface area contributed by atoms with Gasteiger partial charge in [-0.05, 0) is 18.4 Å². The van der Waals surface area contributed by atoms with Crippen molar-refractivity contribution in [2.24, 2.45) is 5.73 Å². The van der Waals surface area contributed by atoms with Gasteiger partial charge in [0.15, 0.2) is 0 Å². The second kappa shape index (κ2) is 6.15. The van der Waals surface area contributed by atoms with Gasteiger partial charge >= 0.3 is 0 Å². The van der Waals surface area contributed by atoms with Crippen LogP contribution in [0.5, 0.6) is 0 Å². The number of hydrogen-bond donors (Lipinski definition) is 1. The van der Waals surface area contributed by atoms with Crippen LogP contribution in [0.1, 0.15) is 14.7 Å². The average Bonchev–Trinajstić information content (AvgIpc) is 2.70. The number of aromatic nitrogens is 2. The Bertz CT molecular complexity index is 483. The summed E-state index contributed by atoms with van der Waals surface area (Å²) in [4.78, 5) is 11.6. The molecule has 0 bridgehead atoms. The minimum absolute atomic E-state index is 0. The highest BCUT2D eigenvalue weighted by atomic mass is 35.5. The van der Waals surface area contributed by atoms with Gasteiger partial charge in [0.05, 0.1) is 0 Å². The summed E-state index contributed by atoms with van der Waals surface area (Å²) < 4.78 is 0. The molecule has 0 atom stereocenters. The third-order valence-corrected chi connectivity index (χ3v) is 3.45. The number of carbonyl (C=O) groups excluding carboxylic acids is 1. The molecule has 2 heterocycles. The fourth-order valence-electron chi connectivity index (χ4n) is 1.07. The lowest BCUT2D eigenvalue weighted by molar-refractivity contribution is 0.100. The van der Waals surface area contributed by atoms with E-state index in [2.05, 4.69) is 10.2 Å².